The maximum absolute atomic E-state index is 13.2. The molecule has 0 bridgehead atoms. The molecule has 0 saturated carbocycles. The first-order valence-corrected chi connectivity index (χ1v) is 35.2. The van der Waals surface area contributed by atoms with Crippen molar-refractivity contribution in [2.75, 3.05) is 13.2 Å². The molecule has 11 heteroatoms. The van der Waals surface area contributed by atoms with Gasteiger partial charge in [-0.15, -0.1) is 0 Å². The minimum Gasteiger partial charge on any atom is -0.394 e. The third kappa shape index (κ3) is 46.5. The maximum atomic E-state index is 13.2. The molecular formula is C70H135NO10. The van der Waals surface area contributed by atoms with Gasteiger partial charge in [-0.25, -0.2) is 0 Å². The molecule has 1 fully saturated rings. The van der Waals surface area contributed by atoms with Gasteiger partial charge in [0.2, 0.25) is 5.91 Å². The topological polar surface area (TPSA) is 189 Å². The van der Waals surface area contributed by atoms with Crippen LogP contribution in [0.4, 0.5) is 0 Å². The van der Waals surface area contributed by atoms with Crippen molar-refractivity contribution in [1.82, 2.24) is 5.32 Å². The molecule has 1 aliphatic rings. The third-order valence-electron chi connectivity index (χ3n) is 17.2. The summed E-state index contributed by atoms with van der Waals surface area (Å²) in [5.41, 5.74) is 0. The number of unbranched alkanes of at least 4 members (excludes halogenated alkanes) is 46. The summed E-state index contributed by atoms with van der Waals surface area (Å²) in [6.07, 6.45) is 62.9. The number of allylic oxidation sites excluding steroid dienone is 4. The van der Waals surface area contributed by atoms with E-state index in [1.54, 1.807) is 0 Å². The number of amides is 1. The van der Waals surface area contributed by atoms with Gasteiger partial charge >= 0.3 is 0 Å². The van der Waals surface area contributed by atoms with Crippen molar-refractivity contribution in [3.63, 3.8) is 0 Å². The van der Waals surface area contributed by atoms with Crippen LogP contribution in [-0.4, -0.2) is 110 Å². The molecule has 81 heavy (non-hydrogen) atoms. The molecular weight excluding hydrogens is 1010 g/mol. The summed E-state index contributed by atoms with van der Waals surface area (Å²) in [6, 6.07) is -1.19. The van der Waals surface area contributed by atoms with Gasteiger partial charge in [-0.1, -0.05) is 321 Å². The molecule has 9 atom stereocenters. The first-order valence-electron chi connectivity index (χ1n) is 35.2. The summed E-state index contributed by atoms with van der Waals surface area (Å²) in [5, 5.41) is 76.3. The Bertz CT molecular complexity index is 1370. The number of carbonyl (C=O) groups excluding carboxylic acids is 1. The Kier molecular flexibility index (Phi) is 56.5. The lowest BCUT2D eigenvalue weighted by Gasteiger charge is -2.40. The standard InChI is InChI=1S/C70H135NO10/c1-3-5-7-9-11-13-15-17-19-21-23-24-25-26-27-28-29-30-31-32-33-34-35-36-37-38-39-40-42-44-46-48-50-52-54-56-58-63(74)69(79)71-61(60-80-70-68(78)67(77)66(76)64(59-72)81-70)65(75)62(73)57-55-53-51-49-47-45-43-41-22-20-18-16-14-12-10-8-6-4-2/h41,43,49,51,61-68,70,72-78H,3-40,42,44-48,50,52-60H2,1-2H3,(H,71,79)/b43-41+,51-49+. The van der Waals surface area contributed by atoms with Gasteiger partial charge in [-0.3, -0.25) is 4.79 Å². The van der Waals surface area contributed by atoms with Gasteiger partial charge in [-0.2, -0.15) is 0 Å². The Hall–Kier alpha value is -1.41. The SMILES string of the molecule is CCCCCCCCCCC/C=C/CC/C=C/CCCC(O)C(O)C(COC1OC(CO)C(O)C(O)C1O)NC(=O)C(O)CCCCCCCCCCCCCCCCCCCCCCCCCCCCCCCCCCCCCC. The number of nitrogens with one attached hydrogen (secondary N) is 1. The number of ether oxygens (including phenoxy) is 2. The molecule has 1 rings (SSSR count). The Morgan fingerprint density at radius 3 is 1.10 bits per heavy atom. The average Bonchev–Trinajstić information content (AvgIpc) is 3.49. The normalized spacial score (nSPS) is 19.2. The zero-order chi connectivity index (χ0) is 58.9. The van der Waals surface area contributed by atoms with Crippen LogP contribution < -0.4 is 5.32 Å². The molecule has 9 unspecified atom stereocenters. The van der Waals surface area contributed by atoms with Crippen LogP contribution in [0.25, 0.3) is 0 Å². The lowest BCUT2D eigenvalue weighted by atomic mass is 9.98. The number of aliphatic hydroxyl groups excluding tert-OH is 7. The fourth-order valence-corrected chi connectivity index (χ4v) is 11.6. The molecule has 0 aliphatic carbocycles. The highest BCUT2D eigenvalue weighted by Crippen LogP contribution is 2.24. The largest absolute Gasteiger partial charge is 0.394 e. The Balaban J connectivity index is 2.14. The molecule has 0 aromatic heterocycles. The minimum atomic E-state index is -1.67. The smallest absolute Gasteiger partial charge is 0.249 e. The van der Waals surface area contributed by atoms with E-state index in [4.69, 9.17) is 9.47 Å². The van der Waals surface area contributed by atoms with E-state index in [-0.39, 0.29) is 12.8 Å². The van der Waals surface area contributed by atoms with E-state index >= 15 is 0 Å². The monoisotopic (exact) mass is 1150 g/mol. The molecule has 8 N–H and O–H groups in total. The summed E-state index contributed by atoms with van der Waals surface area (Å²) in [7, 11) is 0. The summed E-state index contributed by atoms with van der Waals surface area (Å²) < 4.78 is 11.2. The lowest BCUT2D eigenvalue weighted by molar-refractivity contribution is -0.303. The second-order valence-corrected chi connectivity index (χ2v) is 25.0. The van der Waals surface area contributed by atoms with Crippen molar-refractivity contribution in [3.8, 4) is 0 Å². The van der Waals surface area contributed by atoms with E-state index < -0.39 is 74.2 Å². The lowest BCUT2D eigenvalue weighted by Crippen LogP contribution is -2.60. The number of hydrogen-bond acceptors (Lipinski definition) is 10. The molecule has 11 nitrogen and oxygen atoms in total. The van der Waals surface area contributed by atoms with Gasteiger partial charge in [0.1, 0.15) is 36.6 Å². The van der Waals surface area contributed by atoms with Crippen molar-refractivity contribution in [1.29, 1.82) is 0 Å². The van der Waals surface area contributed by atoms with Crippen LogP contribution in [-0.2, 0) is 14.3 Å². The first-order chi connectivity index (χ1) is 39.7. The molecule has 1 saturated heterocycles. The van der Waals surface area contributed by atoms with Crippen molar-refractivity contribution in [2.24, 2.45) is 0 Å². The second-order valence-electron chi connectivity index (χ2n) is 25.0. The van der Waals surface area contributed by atoms with E-state index in [1.165, 1.54) is 263 Å². The zero-order valence-corrected chi connectivity index (χ0v) is 53.0. The first kappa shape index (κ1) is 77.6. The summed E-state index contributed by atoms with van der Waals surface area (Å²) in [5.74, 6) is -0.704. The predicted octanol–water partition coefficient (Wildman–Crippen LogP) is 16.8. The van der Waals surface area contributed by atoms with Crippen molar-refractivity contribution in [2.45, 2.75) is 403 Å². The fourth-order valence-electron chi connectivity index (χ4n) is 11.6. The Labute approximate surface area is 499 Å². The number of aliphatic hydroxyl groups is 7. The van der Waals surface area contributed by atoms with E-state index in [2.05, 4.69) is 43.5 Å². The molecule has 1 heterocycles. The highest BCUT2D eigenvalue weighted by Gasteiger charge is 2.44. The zero-order valence-electron chi connectivity index (χ0n) is 53.0. The molecule has 0 radical (unpaired) electrons. The van der Waals surface area contributed by atoms with Crippen molar-refractivity contribution >= 4 is 5.91 Å². The van der Waals surface area contributed by atoms with Crippen LogP contribution in [0.2, 0.25) is 0 Å². The van der Waals surface area contributed by atoms with Gasteiger partial charge in [0.15, 0.2) is 6.29 Å². The Morgan fingerprint density at radius 2 is 0.741 bits per heavy atom. The van der Waals surface area contributed by atoms with Crippen LogP contribution in [0.15, 0.2) is 24.3 Å². The van der Waals surface area contributed by atoms with Gasteiger partial charge in [0.05, 0.1) is 25.4 Å². The van der Waals surface area contributed by atoms with Crippen LogP contribution in [0.3, 0.4) is 0 Å². The highest BCUT2D eigenvalue weighted by molar-refractivity contribution is 5.80. The van der Waals surface area contributed by atoms with Crippen LogP contribution in [0.1, 0.15) is 348 Å². The van der Waals surface area contributed by atoms with E-state index in [9.17, 15) is 40.5 Å². The van der Waals surface area contributed by atoms with Crippen LogP contribution in [0, 0.1) is 0 Å². The second kappa shape index (κ2) is 58.9. The highest BCUT2D eigenvalue weighted by atomic mass is 16.7. The fraction of sp³-hybridized carbons (Fsp3) is 0.929. The molecule has 0 spiro atoms. The van der Waals surface area contributed by atoms with E-state index in [0.717, 1.165) is 38.5 Å². The minimum absolute atomic E-state index is 0.249. The van der Waals surface area contributed by atoms with Crippen molar-refractivity contribution in [3.05, 3.63) is 24.3 Å². The van der Waals surface area contributed by atoms with E-state index in [0.29, 0.717) is 19.3 Å². The van der Waals surface area contributed by atoms with Gasteiger partial charge in [-0.05, 0) is 51.4 Å². The summed E-state index contributed by atoms with van der Waals surface area (Å²) in [4.78, 5) is 13.2. The molecule has 0 aromatic rings. The van der Waals surface area contributed by atoms with Gasteiger partial charge in [0, 0.05) is 0 Å². The molecule has 0 aromatic carbocycles. The van der Waals surface area contributed by atoms with Crippen LogP contribution >= 0.6 is 0 Å². The molecule has 1 aliphatic heterocycles. The van der Waals surface area contributed by atoms with Gasteiger partial charge in [0.25, 0.3) is 0 Å². The molecule has 480 valence electrons. The average molecular weight is 1150 g/mol. The predicted molar refractivity (Wildman–Crippen MR) is 339 cm³/mol. The third-order valence-corrected chi connectivity index (χ3v) is 17.2. The number of rotatable bonds is 62. The quantitative estimate of drug-likeness (QED) is 0.0215. The van der Waals surface area contributed by atoms with Crippen LogP contribution in [0.5, 0.6) is 0 Å². The van der Waals surface area contributed by atoms with Crippen molar-refractivity contribution < 1.29 is 50.0 Å². The Morgan fingerprint density at radius 1 is 0.420 bits per heavy atom. The summed E-state index contributed by atoms with van der Waals surface area (Å²) in [6.45, 7) is 3.48. The number of carbonyl (C=O) groups is 1. The maximum Gasteiger partial charge on any atom is 0.249 e. The van der Waals surface area contributed by atoms with E-state index in [1.807, 2.05) is 0 Å². The number of hydrogen-bond donors (Lipinski definition) is 8. The van der Waals surface area contributed by atoms with Gasteiger partial charge < -0.3 is 50.5 Å². The summed E-state index contributed by atoms with van der Waals surface area (Å²) >= 11 is 0. The molecule has 1 amide bonds.